The first-order chi connectivity index (χ1) is 21.5. The zero-order valence-corrected chi connectivity index (χ0v) is 25.8. The molecule has 0 aliphatic heterocycles. The summed E-state index contributed by atoms with van der Waals surface area (Å²) in [6.45, 7) is 3.83. The van der Waals surface area contributed by atoms with Gasteiger partial charge < -0.3 is 31.9 Å². The Balaban J connectivity index is 1.81. The Hall–Kier alpha value is -4.70. The van der Waals surface area contributed by atoms with Gasteiger partial charge in [-0.05, 0) is 48.3 Å². The van der Waals surface area contributed by atoms with Crippen LogP contribution in [0.3, 0.4) is 0 Å². The van der Waals surface area contributed by atoms with Crippen LogP contribution in [0.1, 0.15) is 43.4 Å². The molecule has 0 unspecified atom stereocenters. The molecule has 3 rings (SSSR count). The number of primary amides is 1. The van der Waals surface area contributed by atoms with Crippen LogP contribution in [-0.2, 0) is 33.6 Å². The second-order valence-corrected chi connectivity index (χ2v) is 11.8. The molecule has 45 heavy (non-hydrogen) atoms. The summed E-state index contributed by atoms with van der Waals surface area (Å²) in [6, 6.07) is 24.8. The summed E-state index contributed by atoms with van der Waals surface area (Å²) in [4.78, 5) is 51.2. The molecular weight excluding hydrogens is 572 g/mol. The highest BCUT2D eigenvalue weighted by molar-refractivity contribution is 5.92. The van der Waals surface area contributed by atoms with E-state index in [4.69, 9.17) is 5.73 Å². The lowest BCUT2D eigenvalue weighted by Gasteiger charge is -2.29. The molecule has 0 saturated heterocycles. The summed E-state index contributed by atoms with van der Waals surface area (Å²) in [5.74, 6) is -2.47. The number of carbonyl (C=O) groups is 4. The Labute approximate surface area is 264 Å². The summed E-state index contributed by atoms with van der Waals surface area (Å²) in [5, 5.41) is 28.7. The van der Waals surface area contributed by atoms with Crippen LogP contribution in [0.5, 0.6) is 0 Å². The number of amides is 4. The van der Waals surface area contributed by atoms with Crippen LogP contribution >= 0.6 is 0 Å². The van der Waals surface area contributed by atoms with E-state index < -0.39 is 54.0 Å². The van der Waals surface area contributed by atoms with Crippen LogP contribution < -0.4 is 21.7 Å². The average molecular weight is 617 g/mol. The van der Waals surface area contributed by atoms with Crippen molar-refractivity contribution in [1.29, 1.82) is 0 Å². The van der Waals surface area contributed by atoms with Crippen molar-refractivity contribution in [3.63, 3.8) is 0 Å². The van der Waals surface area contributed by atoms with Crippen molar-refractivity contribution in [2.75, 3.05) is 0 Å². The minimum Gasteiger partial charge on any atom is -0.465 e. The normalized spacial score (nSPS) is 14.4. The topological polar surface area (TPSA) is 171 Å². The Morgan fingerprint density at radius 2 is 1.11 bits per heavy atom. The van der Waals surface area contributed by atoms with E-state index in [0.717, 1.165) is 16.7 Å². The van der Waals surface area contributed by atoms with E-state index >= 15 is 0 Å². The number of nitrogens with two attached hydrogens (primary N) is 1. The fourth-order valence-corrected chi connectivity index (χ4v) is 5.28. The van der Waals surface area contributed by atoms with Gasteiger partial charge in [-0.2, -0.15) is 0 Å². The summed E-state index contributed by atoms with van der Waals surface area (Å²) in [7, 11) is 0. The van der Waals surface area contributed by atoms with Gasteiger partial charge in [-0.3, -0.25) is 14.4 Å². The molecule has 10 heteroatoms. The molecule has 10 nitrogen and oxygen atoms in total. The van der Waals surface area contributed by atoms with Crippen LogP contribution in [-0.4, -0.2) is 58.3 Å². The van der Waals surface area contributed by atoms with Crippen molar-refractivity contribution in [2.24, 2.45) is 17.6 Å². The minimum atomic E-state index is -1.28. The Morgan fingerprint density at radius 3 is 1.58 bits per heavy atom. The number of hydrogen-bond acceptors (Lipinski definition) is 5. The van der Waals surface area contributed by atoms with Gasteiger partial charge in [0.05, 0.1) is 12.1 Å². The lowest BCUT2D eigenvalue weighted by atomic mass is 9.88. The number of carboxylic acid groups (broad SMARTS) is 1. The van der Waals surface area contributed by atoms with Crippen LogP contribution in [0.15, 0.2) is 91.0 Å². The Morgan fingerprint density at radius 1 is 0.644 bits per heavy atom. The maximum absolute atomic E-state index is 13.9. The third-order valence-electron chi connectivity index (χ3n) is 7.58. The first-order valence-electron chi connectivity index (χ1n) is 15.2. The zero-order valence-electron chi connectivity index (χ0n) is 25.8. The van der Waals surface area contributed by atoms with E-state index in [1.54, 1.807) is 0 Å². The number of benzene rings is 3. The number of aliphatic hydroxyl groups excluding tert-OH is 1. The van der Waals surface area contributed by atoms with Gasteiger partial charge in [-0.15, -0.1) is 0 Å². The van der Waals surface area contributed by atoms with Crippen LogP contribution in [0.25, 0.3) is 0 Å². The molecule has 3 aromatic rings. The van der Waals surface area contributed by atoms with Gasteiger partial charge in [0, 0.05) is 12.3 Å². The fraction of sp³-hybridized carbons (Fsp3) is 0.371. The lowest BCUT2D eigenvalue weighted by Crippen LogP contribution is -2.55. The maximum Gasteiger partial charge on any atom is 0.404 e. The second kappa shape index (κ2) is 17.6. The number of aliphatic hydroxyl groups is 1. The number of nitrogens with one attached hydrogen (secondary N) is 3. The van der Waals surface area contributed by atoms with Crippen molar-refractivity contribution < 1.29 is 29.4 Å². The smallest absolute Gasteiger partial charge is 0.404 e. The van der Waals surface area contributed by atoms with Crippen molar-refractivity contribution in [2.45, 2.75) is 70.2 Å². The Bertz CT molecular complexity index is 1370. The molecule has 0 spiro atoms. The number of hydrogen-bond donors (Lipinski definition) is 6. The molecule has 240 valence electrons. The molecule has 5 atom stereocenters. The standard InChI is InChI=1S/C35H44N4O6/c1-23(2)18-30(34(43)37-29(32(36)41)21-26-16-10-5-11-17-26)38-33(42)27(19-24-12-6-3-7-13-24)22-31(40)28(39-35(44)45)20-25-14-8-4-9-15-25/h3-17,23,27-31,39-40H,18-22H2,1-2H3,(H2,36,41)(H,37,43)(H,38,42)(H,44,45)/t27-,28+,29+,30+,31-/m1/s1. The number of carbonyl (C=O) groups excluding carboxylic acids is 3. The molecular formula is C35H44N4O6. The molecule has 0 aromatic heterocycles. The lowest BCUT2D eigenvalue weighted by molar-refractivity contribution is -0.133. The van der Waals surface area contributed by atoms with Crippen LogP contribution in [0.4, 0.5) is 4.79 Å². The molecule has 0 heterocycles. The first kappa shape index (κ1) is 34.8. The summed E-state index contributed by atoms with van der Waals surface area (Å²) < 4.78 is 0. The van der Waals surface area contributed by atoms with Gasteiger partial charge in [0.1, 0.15) is 12.1 Å². The molecule has 0 aliphatic rings. The van der Waals surface area contributed by atoms with E-state index in [2.05, 4.69) is 16.0 Å². The number of rotatable bonds is 17. The predicted octanol–water partition coefficient (Wildman–Crippen LogP) is 3.22. The zero-order chi connectivity index (χ0) is 32.8. The quantitative estimate of drug-likeness (QED) is 0.136. The summed E-state index contributed by atoms with van der Waals surface area (Å²) >= 11 is 0. The summed E-state index contributed by atoms with van der Waals surface area (Å²) in [6.07, 6.45) is -1.58. The van der Waals surface area contributed by atoms with Gasteiger partial charge in [-0.1, -0.05) is 105 Å². The highest BCUT2D eigenvalue weighted by atomic mass is 16.4. The SMILES string of the molecule is CC(C)C[C@H](NC(=O)[C@H](Cc1ccccc1)C[C@@H](O)[C@H](Cc1ccccc1)NC(=O)O)C(=O)N[C@@H](Cc1ccccc1)C(N)=O. The van der Waals surface area contributed by atoms with Gasteiger partial charge in [0.25, 0.3) is 0 Å². The van der Waals surface area contributed by atoms with Crippen molar-refractivity contribution in [3.8, 4) is 0 Å². The van der Waals surface area contributed by atoms with E-state index in [-0.39, 0.29) is 31.6 Å². The third kappa shape index (κ3) is 12.1. The first-order valence-corrected chi connectivity index (χ1v) is 15.2. The Kier molecular flexibility index (Phi) is 13.6. The molecule has 0 radical (unpaired) electrons. The third-order valence-corrected chi connectivity index (χ3v) is 7.58. The van der Waals surface area contributed by atoms with Gasteiger partial charge >= 0.3 is 6.09 Å². The largest absolute Gasteiger partial charge is 0.465 e. The molecule has 0 bridgehead atoms. The van der Waals surface area contributed by atoms with E-state index in [1.807, 2.05) is 105 Å². The molecule has 4 amide bonds. The van der Waals surface area contributed by atoms with Gasteiger partial charge in [0.2, 0.25) is 17.7 Å². The highest BCUT2D eigenvalue weighted by Gasteiger charge is 2.32. The van der Waals surface area contributed by atoms with E-state index in [1.165, 1.54) is 0 Å². The molecule has 3 aromatic carbocycles. The van der Waals surface area contributed by atoms with E-state index in [0.29, 0.717) is 6.42 Å². The van der Waals surface area contributed by atoms with Crippen LogP contribution in [0.2, 0.25) is 0 Å². The highest BCUT2D eigenvalue weighted by Crippen LogP contribution is 2.20. The van der Waals surface area contributed by atoms with Crippen molar-refractivity contribution >= 4 is 23.8 Å². The van der Waals surface area contributed by atoms with Crippen molar-refractivity contribution in [1.82, 2.24) is 16.0 Å². The molecule has 0 fully saturated rings. The van der Waals surface area contributed by atoms with E-state index in [9.17, 15) is 29.4 Å². The van der Waals surface area contributed by atoms with Crippen LogP contribution in [0, 0.1) is 11.8 Å². The predicted molar refractivity (Wildman–Crippen MR) is 172 cm³/mol. The maximum atomic E-state index is 13.9. The fourth-order valence-electron chi connectivity index (χ4n) is 5.28. The molecule has 7 N–H and O–H groups in total. The molecule has 0 saturated carbocycles. The monoisotopic (exact) mass is 616 g/mol. The minimum absolute atomic E-state index is 0.0235. The van der Waals surface area contributed by atoms with Gasteiger partial charge in [-0.25, -0.2) is 4.79 Å². The average Bonchev–Trinajstić information content (AvgIpc) is 3.00. The molecule has 0 aliphatic carbocycles. The second-order valence-electron chi connectivity index (χ2n) is 11.8. The van der Waals surface area contributed by atoms with Gasteiger partial charge in [0.15, 0.2) is 0 Å². The summed E-state index contributed by atoms with van der Waals surface area (Å²) in [5.41, 5.74) is 8.12. The van der Waals surface area contributed by atoms with Crippen molar-refractivity contribution in [3.05, 3.63) is 108 Å².